The molecular weight excluding hydrogens is 337 g/mol. The maximum absolute atomic E-state index is 13.0. The summed E-state index contributed by atoms with van der Waals surface area (Å²) in [5.74, 6) is 0.0995. The van der Waals surface area contributed by atoms with Gasteiger partial charge in [0.15, 0.2) is 5.82 Å². The smallest absolute Gasteiger partial charge is 0.266 e. The molecule has 0 N–H and O–H groups in total. The second-order valence-corrected chi connectivity index (χ2v) is 6.66. The molecule has 0 atom stereocenters. The molecule has 4 nitrogen and oxygen atoms in total. The van der Waals surface area contributed by atoms with Crippen molar-refractivity contribution in [2.75, 3.05) is 0 Å². The third kappa shape index (κ3) is 2.96. The highest BCUT2D eigenvalue weighted by atomic mass is 32.1. The normalized spacial score (nSPS) is 12.2. The molecule has 0 bridgehead atoms. The van der Waals surface area contributed by atoms with E-state index in [0.717, 1.165) is 12.0 Å². The predicted molar refractivity (Wildman–Crippen MR) is 97.1 cm³/mol. The molecule has 0 saturated heterocycles. The number of hydrogen-bond donors (Lipinski definition) is 0. The Morgan fingerprint density at radius 2 is 1.84 bits per heavy atom. The quantitative estimate of drug-likeness (QED) is 0.570. The highest BCUT2D eigenvalue weighted by Crippen LogP contribution is 2.16. The molecule has 0 amide bonds. The number of thiazole rings is 1. The van der Waals surface area contributed by atoms with E-state index in [-0.39, 0.29) is 11.4 Å². The fourth-order valence-electron chi connectivity index (χ4n) is 2.56. The Hall–Kier alpha value is -2.86. The summed E-state index contributed by atoms with van der Waals surface area (Å²) in [5, 5.41) is 4.26. The SMILES string of the molecule is CCc1ccc(C=c2sc3nc(-c4ccc(F)cc4)nn3c2=O)cc1. The zero-order valence-electron chi connectivity index (χ0n) is 13.4. The number of halogens is 1. The van der Waals surface area contributed by atoms with E-state index in [1.807, 2.05) is 18.2 Å². The van der Waals surface area contributed by atoms with Crippen LogP contribution in [-0.2, 0) is 6.42 Å². The van der Waals surface area contributed by atoms with Crippen molar-refractivity contribution in [1.29, 1.82) is 0 Å². The number of benzene rings is 2. The lowest BCUT2D eigenvalue weighted by molar-refractivity contribution is 0.628. The first-order valence-electron chi connectivity index (χ1n) is 7.90. The van der Waals surface area contributed by atoms with Crippen molar-refractivity contribution in [3.05, 3.63) is 80.4 Å². The molecule has 2 aromatic carbocycles. The Morgan fingerprint density at radius 1 is 1.12 bits per heavy atom. The summed E-state index contributed by atoms with van der Waals surface area (Å²) < 4.78 is 14.9. The molecule has 25 heavy (non-hydrogen) atoms. The van der Waals surface area contributed by atoms with Gasteiger partial charge >= 0.3 is 0 Å². The molecule has 0 saturated carbocycles. The third-order valence-corrected chi connectivity index (χ3v) is 4.93. The van der Waals surface area contributed by atoms with Gasteiger partial charge in [-0.25, -0.2) is 4.39 Å². The van der Waals surface area contributed by atoms with Gasteiger partial charge in [-0.3, -0.25) is 4.79 Å². The lowest BCUT2D eigenvalue weighted by atomic mass is 10.1. The average molecular weight is 351 g/mol. The van der Waals surface area contributed by atoms with Gasteiger partial charge < -0.3 is 0 Å². The zero-order chi connectivity index (χ0) is 17.4. The van der Waals surface area contributed by atoms with Crippen molar-refractivity contribution >= 4 is 22.4 Å². The summed E-state index contributed by atoms with van der Waals surface area (Å²) in [6, 6.07) is 14.0. The fourth-order valence-corrected chi connectivity index (χ4v) is 3.46. The van der Waals surface area contributed by atoms with Crippen molar-refractivity contribution in [3.63, 3.8) is 0 Å². The van der Waals surface area contributed by atoms with Crippen LogP contribution in [-0.4, -0.2) is 14.6 Å². The van der Waals surface area contributed by atoms with E-state index in [4.69, 9.17) is 0 Å². The van der Waals surface area contributed by atoms with E-state index in [2.05, 4.69) is 29.1 Å². The Balaban J connectivity index is 1.76. The number of aromatic nitrogens is 3. The molecule has 124 valence electrons. The third-order valence-electron chi connectivity index (χ3n) is 3.97. The monoisotopic (exact) mass is 351 g/mol. The van der Waals surface area contributed by atoms with Gasteiger partial charge in [0.25, 0.3) is 5.56 Å². The lowest BCUT2D eigenvalue weighted by Gasteiger charge is -1.96. The van der Waals surface area contributed by atoms with Gasteiger partial charge in [-0.15, -0.1) is 5.10 Å². The first-order valence-corrected chi connectivity index (χ1v) is 8.72. The number of nitrogens with zero attached hydrogens (tertiary/aromatic N) is 3. The molecule has 2 aromatic heterocycles. The van der Waals surface area contributed by atoms with Crippen LogP contribution in [0.3, 0.4) is 0 Å². The standard InChI is InChI=1S/C19H14FN3OS/c1-2-12-3-5-13(6-4-12)11-16-18(24)23-19(25-16)21-17(22-23)14-7-9-15(20)10-8-14/h3-11H,2H2,1H3. The van der Waals surface area contributed by atoms with Crippen LogP contribution in [0.25, 0.3) is 22.4 Å². The number of fused-ring (bicyclic) bond motifs is 1. The van der Waals surface area contributed by atoms with Gasteiger partial charge in [0.2, 0.25) is 4.96 Å². The number of aryl methyl sites for hydroxylation is 1. The van der Waals surface area contributed by atoms with Gasteiger partial charge in [0.1, 0.15) is 5.82 Å². The van der Waals surface area contributed by atoms with Crippen LogP contribution >= 0.6 is 11.3 Å². The van der Waals surface area contributed by atoms with Crippen molar-refractivity contribution < 1.29 is 4.39 Å². The largest absolute Gasteiger partial charge is 0.291 e. The van der Waals surface area contributed by atoms with E-state index in [9.17, 15) is 9.18 Å². The molecular formula is C19H14FN3OS. The topological polar surface area (TPSA) is 47.3 Å². The number of rotatable bonds is 3. The summed E-state index contributed by atoms with van der Waals surface area (Å²) in [4.78, 5) is 17.5. The van der Waals surface area contributed by atoms with Gasteiger partial charge in [0, 0.05) is 5.56 Å². The second kappa shape index (κ2) is 6.22. The van der Waals surface area contributed by atoms with Gasteiger partial charge in [0.05, 0.1) is 4.53 Å². The van der Waals surface area contributed by atoms with E-state index in [0.29, 0.717) is 20.9 Å². The number of hydrogen-bond acceptors (Lipinski definition) is 4. The first kappa shape index (κ1) is 15.7. The Labute approximate surface area is 146 Å². The van der Waals surface area contributed by atoms with Crippen LogP contribution in [0.5, 0.6) is 0 Å². The van der Waals surface area contributed by atoms with E-state index in [1.54, 1.807) is 12.1 Å². The highest BCUT2D eigenvalue weighted by Gasteiger charge is 2.11. The summed E-state index contributed by atoms with van der Waals surface area (Å²) in [5.41, 5.74) is 2.71. The Bertz CT molecular complexity index is 1140. The molecule has 2 heterocycles. The molecule has 0 aliphatic heterocycles. The van der Waals surface area contributed by atoms with Crippen molar-refractivity contribution in [1.82, 2.24) is 14.6 Å². The molecule has 0 spiro atoms. The second-order valence-electron chi connectivity index (χ2n) is 5.65. The Morgan fingerprint density at radius 3 is 2.48 bits per heavy atom. The molecule has 0 unspecified atom stereocenters. The van der Waals surface area contributed by atoms with Crippen LogP contribution in [0.1, 0.15) is 18.1 Å². The zero-order valence-corrected chi connectivity index (χ0v) is 14.3. The van der Waals surface area contributed by atoms with Crippen molar-refractivity contribution in [2.45, 2.75) is 13.3 Å². The molecule has 6 heteroatoms. The van der Waals surface area contributed by atoms with Crippen LogP contribution in [0.4, 0.5) is 4.39 Å². The van der Waals surface area contributed by atoms with Crippen LogP contribution in [0, 0.1) is 5.82 Å². The summed E-state index contributed by atoms with van der Waals surface area (Å²) in [6.07, 6.45) is 2.83. The molecule has 0 radical (unpaired) electrons. The summed E-state index contributed by atoms with van der Waals surface area (Å²) in [7, 11) is 0. The van der Waals surface area contributed by atoms with Gasteiger partial charge in [-0.1, -0.05) is 42.5 Å². The highest BCUT2D eigenvalue weighted by molar-refractivity contribution is 7.15. The molecule has 0 aliphatic rings. The molecule has 4 rings (SSSR count). The summed E-state index contributed by atoms with van der Waals surface area (Å²) in [6.45, 7) is 2.10. The van der Waals surface area contributed by atoms with Crippen LogP contribution in [0.15, 0.2) is 53.3 Å². The minimum absolute atomic E-state index is 0.194. The van der Waals surface area contributed by atoms with E-state index >= 15 is 0 Å². The van der Waals surface area contributed by atoms with E-state index < -0.39 is 0 Å². The van der Waals surface area contributed by atoms with Gasteiger partial charge in [-0.05, 0) is 47.9 Å². The molecule has 0 aliphatic carbocycles. The van der Waals surface area contributed by atoms with Gasteiger partial charge in [-0.2, -0.15) is 9.50 Å². The first-order chi connectivity index (χ1) is 12.1. The van der Waals surface area contributed by atoms with Crippen LogP contribution in [0.2, 0.25) is 0 Å². The predicted octanol–water partition coefficient (Wildman–Crippen LogP) is 3.07. The molecule has 4 aromatic rings. The van der Waals surface area contributed by atoms with Crippen molar-refractivity contribution in [3.8, 4) is 11.4 Å². The van der Waals surface area contributed by atoms with Crippen molar-refractivity contribution in [2.24, 2.45) is 0 Å². The maximum atomic E-state index is 13.0. The average Bonchev–Trinajstić information content (AvgIpc) is 3.16. The minimum atomic E-state index is -0.319. The van der Waals surface area contributed by atoms with E-state index in [1.165, 1.54) is 33.5 Å². The minimum Gasteiger partial charge on any atom is -0.266 e. The summed E-state index contributed by atoms with van der Waals surface area (Å²) >= 11 is 1.29. The fraction of sp³-hybridized carbons (Fsp3) is 0.105. The maximum Gasteiger partial charge on any atom is 0.291 e. The van der Waals surface area contributed by atoms with Crippen LogP contribution < -0.4 is 10.1 Å². The lowest BCUT2D eigenvalue weighted by Crippen LogP contribution is -2.23. The Kier molecular flexibility index (Phi) is 3.89. The molecule has 0 fully saturated rings.